The molecular weight excluding hydrogens is 313 g/mol. The number of pyridine rings is 1. The first kappa shape index (κ1) is 15.3. The Balaban J connectivity index is 2.06. The topological polar surface area (TPSA) is 47.2 Å². The number of hydrogen-bond donors (Lipinski definition) is 0. The van der Waals surface area contributed by atoms with Crippen LogP contribution in [0.1, 0.15) is 15.2 Å². The third-order valence-electron chi connectivity index (χ3n) is 3.42. The largest absolute Gasteiger partial charge is 0.319 e. The summed E-state index contributed by atoms with van der Waals surface area (Å²) in [4.78, 5) is 21.9. The van der Waals surface area contributed by atoms with Crippen molar-refractivity contribution in [1.82, 2.24) is 9.55 Å². The predicted molar refractivity (Wildman–Crippen MR) is 87.6 cm³/mol. The molecule has 0 N–H and O–H groups in total. The highest BCUT2D eigenvalue weighted by Crippen LogP contribution is 2.24. The normalized spacial score (nSPS) is 11.7. The maximum absolute atomic E-state index is 13.1. The Morgan fingerprint density at radius 3 is 2.65 bits per heavy atom. The van der Waals surface area contributed by atoms with Gasteiger partial charge in [-0.25, -0.2) is 4.39 Å². The highest BCUT2D eigenvalue weighted by Gasteiger charge is 2.11. The van der Waals surface area contributed by atoms with Gasteiger partial charge in [0.15, 0.2) is 4.80 Å². The molecule has 0 aliphatic carbocycles. The van der Waals surface area contributed by atoms with E-state index >= 15 is 0 Å². The van der Waals surface area contributed by atoms with Crippen LogP contribution in [0.25, 0.3) is 11.3 Å². The van der Waals surface area contributed by atoms with Gasteiger partial charge in [-0.3, -0.25) is 9.78 Å². The molecule has 116 valence electrons. The summed E-state index contributed by atoms with van der Waals surface area (Å²) < 4.78 is 14.9. The summed E-state index contributed by atoms with van der Waals surface area (Å²) in [6.07, 6.45) is 3.10. The summed E-state index contributed by atoms with van der Waals surface area (Å²) in [7, 11) is 1.84. The molecule has 23 heavy (non-hydrogen) atoms. The molecule has 0 aliphatic heterocycles. The average molecular weight is 327 g/mol. The number of amides is 1. The molecule has 2 aromatic heterocycles. The number of nitrogens with zero attached hydrogens (tertiary/aromatic N) is 3. The Morgan fingerprint density at radius 2 is 2.00 bits per heavy atom. The zero-order valence-electron chi connectivity index (χ0n) is 12.7. The maximum Gasteiger partial charge on any atom is 0.281 e. The van der Waals surface area contributed by atoms with Crippen molar-refractivity contribution in [1.29, 1.82) is 0 Å². The quantitative estimate of drug-likeness (QED) is 0.725. The SMILES string of the molecule is Cc1sc(=NC(=O)c2cccnc2)n(C)c1-c1ccc(F)cc1. The summed E-state index contributed by atoms with van der Waals surface area (Å²) in [5.74, 6) is -0.610. The van der Waals surface area contributed by atoms with Crippen LogP contribution in [0.2, 0.25) is 0 Å². The molecule has 0 bridgehead atoms. The zero-order valence-corrected chi connectivity index (χ0v) is 13.5. The van der Waals surface area contributed by atoms with Gasteiger partial charge in [0.25, 0.3) is 5.91 Å². The minimum Gasteiger partial charge on any atom is -0.319 e. The molecule has 0 unspecified atom stereocenters. The Bertz CT molecular complexity index is 911. The van der Waals surface area contributed by atoms with Crippen LogP contribution in [0.4, 0.5) is 4.39 Å². The van der Waals surface area contributed by atoms with Crippen molar-refractivity contribution in [3.8, 4) is 11.3 Å². The van der Waals surface area contributed by atoms with E-state index in [1.807, 2.05) is 18.5 Å². The fourth-order valence-electron chi connectivity index (χ4n) is 2.33. The van der Waals surface area contributed by atoms with Crippen LogP contribution >= 0.6 is 11.3 Å². The van der Waals surface area contributed by atoms with Crippen molar-refractivity contribution in [2.75, 3.05) is 0 Å². The molecule has 3 aromatic rings. The Labute approximate surface area is 136 Å². The van der Waals surface area contributed by atoms with Gasteiger partial charge in [0.2, 0.25) is 0 Å². The lowest BCUT2D eigenvalue weighted by molar-refractivity contribution is 0.0997. The number of halogens is 1. The van der Waals surface area contributed by atoms with Crippen molar-refractivity contribution in [2.24, 2.45) is 12.0 Å². The van der Waals surface area contributed by atoms with Crippen molar-refractivity contribution in [3.63, 3.8) is 0 Å². The van der Waals surface area contributed by atoms with Gasteiger partial charge in [0.1, 0.15) is 5.82 Å². The fourth-order valence-corrected chi connectivity index (χ4v) is 3.31. The van der Waals surface area contributed by atoms with Crippen LogP contribution < -0.4 is 4.80 Å². The van der Waals surface area contributed by atoms with Crippen LogP contribution in [0.15, 0.2) is 53.8 Å². The van der Waals surface area contributed by atoms with Crippen LogP contribution in [-0.2, 0) is 7.05 Å². The lowest BCUT2D eigenvalue weighted by atomic mass is 10.1. The number of aromatic nitrogens is 2. The van der Waals surface area contributed by atoms with Crippen LogP contribution in [0, 0.1) is 12.7 Å². The van der Waals surface area contributed by atoms with E-state index in [1.165, 1.54) is 29.7 Å². The molecule has 4 nitrogen and oxygen atoms in total. The molecule has 6 heteroatoms. The molecule has 1 aromatic carbocycles. The van der Waals surface area contributed by atoms with Gasteiger partial charge in [0.05, 0.1) is 11.3 Å². The molecule has 0 saturated heterocycles. The average Bonchev–Trinajstić information content (AvgIpc) is 2.83. The standard InChI is InChI=1S/C17H14FN3OS/c1-11-15(12-5-7-14(18)8-6-12)21(2)17(23-11)20-16(22)13-4-3-9-19-10-13/h3-10H,1-2H3. The Kier molecular flexibility index (Phi) is 4.16. The van der Waals surface area contributed by atoms with Gasteiger partial charge in [0, 0.05) is 24.3 Å². The second-order valence-corrected chi connectivity index (χ2v) is 6.20. The van der Waals surface area contributed by atoms with E-state index in [2.05, 4.69) is 9.98 Å². The number of aryl methyl sites for hydroxylation is 1. The molecule has 1 amide bonds. The first-order valence-corrected chi connectivity index (χ1v) is 7.79. The van der Waals surface area contributed by atoms with Crippen molar-refractivity contribution < 1.29 is 9.18 Å². The van der Waals surface area contributed by atoms with Gasteiger partial charge in [-0.1, -0.05) is 0 Å². The van der Waals surface area contributed by atoms with Gasteiger partial charge >= 0.3 is 0 Å². The molecule has 0 atom stereocenters. The second kappa shape index (κ2) is 6.26. The predicted octanol–water partition coefficient (Wildman–Crippen LogP) is 3.34. The molecule has 0 radical (unpaired) electrons. The van der Waals surface area contributed by atoms with Crippen molar-refractivity contribution >= 4 is 17.2 Å². The van der Waals surface area contributed by atoms with E-state index in [9.17, 15) is 9.18 Å². The lowest BCUT2D eigenvalue weighted by Crippen LogP contribution is -2.14. The maximum atomic E-state index is 13.1. The van der Waals surface area contributed by atoms with Crippen LogP contribution in [0.5, 0.6) is 0 Å². The summed E-state index contributed by atoms with van der Waals surface area (Å²) in [6, 6.07) is 9.66. The highest BCUT2D eigenvalue weighted by atomic mass is 32.1. The first-order chi connectivity index (χ1) is 11.1. The summed E-state index contributed by atoms with van der Waals surface area (Å²) in [5, 5.41) is 0. The van der Waals surface area contributed by atoms with E-state index in [0.717, 1.165) is 16.1 Å². The number of thiazole rings is 1. The van der Waals surface area contributed by atoms with Gasteiger partial charge in [-0.15, -0.1) is 11.3 Å². The number of carbonyl (C=O) groups excluding carboxylic acids is 1. The van der Waals surface area contributed by atoms with E-state index < -0.39 is 0 Å². The minimum atomic E-state index is -0.333. The van der Waals surface area contributed by atoms with Crippen LogP contribution in [0.3, 0.4) is 0 Å². The number of carbonyl (C=O) groups is 1. The third kappa shape index (κ3) is 3.12. The molecule has 2 heterocycles. The van der Waals surface area contributed by atoms with E-state index in [1.54, 1.807) is 30.5 Å². The first-order valence-electron chi connectivity index (χ1n) is 6.97. The third-order valence-corrected chi connectivity index (χ3v) is 4.47. The number of rotatable bonds is 2. The number of benzene rings is 1. The summed E-state index contributed by atoms with van der Waals surface area (Å²) >= 11 is 1.42. The second-order valence-electron chi connectivity index (χ2n) is 5.01. The summed E-state index contributed by atoms with van der Waals surface area (Å²) in [6.45, 7) is 1.96. The Morgan fingerprint density at radius 1 is 1.26 bits per heavy atom. The minimum absolute atomic E-state index is 0.277. The monoisotopic (exact) mass is 327 g/mol. The van der Waals surface area contributed by atoms with Gasteiger partial charge in [-0.05, 0) is 48.9 Å². The van der Waals surface area contributed by atoms with Crippen molar-refractivity contribution in [2.45, 2.75) is 6.92 Å². The van der Waals surface area contributed by atoms with Crippen molar-refractivity contribution in [3.05, 3.63) is 69.9 Å². The number of hydrogen-bond acceptors (Lipinski definition) is 3. The molecular formula is C17H14FN3OS. The fraction of sp³-hybridized carbons (Fsp3) is 0.118. The van der Waals surface area contributed by atoms with Gasteiger partial charge in [-0.2, -0.15) is 4.99 Å². The van der Waals surface area contributed by atoms with E-state index in [-0.39, 0.29) is 11.7 Å². The molecule has 0 spiro atoms. The van der Waals surface area contributed by atoms with Gasteiger partial charge < -0.3 is 4.57 Å². The summed E-state index contributed by atoms with van der Waals surface area (Å²) in [5.41, 5.74) is 2.26. The Hall–Kier alpha value is -2.60. The highest BCUT2D eigenvalue weighted by molar-refractivity contribution is 7.09. The van der Waals surface area contributed by atoms with Crippen LogP contribution in [-0.4, -0.2) is 15.5 Å². The molecule has 0 aliphatic rings. The smallest absolute Gasteiger partial charge is 0.281 e. The molecule has 0 fully saturated rings. The lowest BCUT2D eigenvalue weighted by Gasteiger charge is -2.04. The zero-order chi connectivity index (χ0) is 16.4. The van der Waals surface area contributed by atoms with E-state index in [0.29, 0.717) is 10.4 Å². The molecule has 3 rings (SSSR count). The molecule has 0 saturated carbocycles. The van der Waals surface area contributed by atoms with E-state index in [4.69, 9.17) is 0 Å².